The molecule has 9 heteroatoms. The van der Waals surface area contributed by atoms with Crippen molar-refractivity contribution in [2.24, 2.45) is 10.3 Å². The van der Waals surface area contributed by atoms with Gasteiger partial charge in [0.1, 0.15) is 10.7 Å². The van der Waals surface area contributed by atoms with Crippen molar-refractivity contribution in [1.29, 1.82) is 0 Å². The number of fused-ring (bicyclic) bond motifs is 1. The summed E-state index contributed by atoms with van der Waals surface area (Å²) in [5.41, 5.74) is 0.904. The highest BCUT2D eigenvalue weighted by Gasteiger charge is 2.35. The van der Waals surface area contributed by atoms with Gasteiger partial charge in [-0.2, -0.15) is 8.42 Å². The van der Waals surface area contributed by atoms with E-state index in [1.165, 1.54) is 18.2 Å². The topological polar surface area (TPSA) is 78.8 Å². The van der Waals surface area contributed by atoms with Gasteiger partial charge >= 0.3 is 0 Å². The van der Waals surface area contributed by atoms with E-state index in [-0.39, 0.29) is 21.7 Å². The summed E-state index contributed by atoms with van der Waals surface area (Å²) in [6.45, 7) is 0.955. The van der Waals surface area contributed by atoms with Crippen LogP contribution in [-0.2, 0) is 14.8 Å². The number of nitrogens with one attached hydrogen (secondary N) is 1. The fourth-order valence-electron chi connectivity index (χ4n) is 3.53. The molecule has 1 fully saturated rings. The summed E-state index contributed by atoms with van der Waals surface area (Å²) in [4.78, 5) is 14.7. The minimum Gasteiger partial charge on any atom is -0.355 e. The van der Waals surface area contributed by atoms with Gasteiger partial charge in [-0.05, 0) is 43.2 Å². The van der Waals surface area contributed by atoms with Gasteiger partial charge in [-0.15, -0.1) is 4.40 Å². The van der Waals surface area contributed by atoms with Gasteiger partial charge in [-0.3, -0.25) is 4.79 Å². The Labute approximate surface area is 167 Å². The molecule has 4 rings (SSSR count). The predicted molar refractivity (Wildman–Crippen MR) is 105 cm³/mol. The fraction of sp³-hybridized carbons (Fsp3) is 0.263. The van der Waals surface area contributed by atoms with Crippen LogP contribution in [0.15, 0.2) is 51.8 Å². The zero-order valence-electron chi connectivity index (χ0n) is 14.7. The summed E-state index contributed by atoms with van der Waals surface area (Å²) in [7, 11) is -3.71. The number of halogens is 2. The third-order valence-corrected chi connectivity index (χ3v) is 6.53. The van der Waals surface area contributed by atoms with Gasteiger partial charge in [0.05, 0.1) is 16.6 Å². The Morgan fingerprint density at radius 1 is 1.25 bits per heavy atom. The summed E-state index contributed by atoms with van der Waals surface area (Å²) in [5, 5.41) is 2.86. The number of piperidine rings is 1. The zero-order valence-corrected chi connectivity index (χ0v) is 16.3. The van der Waals surface area contributed by atoms with Crippen molar-refractivity contribution in [2.45, 2.75) is 17.7 Å². The number of carbonyl (C=O) groups is 1. The van der Waals surface area contributed by atoms with Crippen LogP contribution in [0.4, 0.5) is 10.1 Å². The van der Waals surface area contributed by atoms with Gasteiger partial charge in [-0.25, -0.2) is 4.39 Å². The molecule has 2 aromatic carbocycles. The molecule has 0 aliphatic carbocycles. The molecule has 0 spiro atoms. The highest BCUT2D eigenvalue weighted by Crippen LogP contribution is 2.30. The third kappa shape index (κ3) is 3.49. The summed E-state index contributed by atoms with van der Waals surface area (Å²) in [5.74, 6) is -0.708. The Morgan fingerprint density at radius 3 is 2.82 bits per heavy atom. The van der Waals surface area contributed by atoms with Crippen molar-refractivity contribution < 1.29 is 17.6 Å². The lowest BCUT2D eigenvalue weighted by molar-refractivity contribution is -0.121. The Bertz CT molecular complexity index is 1090. The molecular weight excluding hydrogens is 405 g/mol. The van der Waals surface area contributed by atoms with E-state index in [4.69, 9.17) is 11.6 Å². The number of sulfonamides is 1. The minimum atomic E-state index is -3.71. The number of hydrogen-bond acceptors (Lipinski definition) is 4. The lowest BCUT2D eigenvalue weighted by Gasteiger charge is -2.33. The average molecular weight is 422 g/mol. The van der Waals surface area contributed by atoms with E-state index >= 15 is 0 Å². The van der Waals surface area contributed by atoms with Crippen LogP contribution in [0.1, 0.15) is 18.4 Å². The minimum absolute atomic E-state index is 0.126. The van der Waals surface area contributed by atoms with Crippen molar-refractivity contribution in [3.05, 3.63) is 58.9 Å². The quantitative estimate of drug-likeness (QED) is 0.807. The van der Waals surface area contributed by atoms with Crippen LogP contribution in [0.3, 0.4) is 0 Å². The van der Waals surface area contributed by atoms with Crippen molar-refractivity contribution in [2.75, 3.05) is 18.4 Å². The average Bonchev–Trinajstić information content (AvgIpc) is 2.96. The van der Waals surface area contributed by atoms with Crippen LogP contribution in [0.5, 0.6) is 0 Å². The SMILES string of the molecule is O=C(Nc1ccc(F)cc1Cl)C1CCCN(C2=NS(=O)(=O)c3ccccc32)C1. The summed E-state index contributed by atoms with van der Waals surface area (Å²) in [6.07, 6.45) is 1.37. The molecule has 0 saturated carbocycles. The number of anilines is 1. The first-order valence-corrected chi connectivity index (χ1v) is 10.6. The number of amides is 1. The van der Waals surface area contributed by atoms with Crippen LogP contribution >= 0.6 is 11.6 Å². The molecule has 146 valence electrons. The Hall–Kier alpha value is -2.45. The van der Waals surface area contributed by atoms with Gasteiger partial charge in [0.2, 0.25) is 5.91 Å². The number of nitrogens with zero attached hydrogens (tertiary/aromatic N) is 2. The molecule has 6 nitrogen and oxygen atoms in total. The van der Waals surface area contributed by atoms with E-state index in [2.05, 4.69) is 9.71 Å². The molecule has 0 aromatic heterocycles. The van der Waals surface area contributed by atoms with Crippen molar-refractivity contribution in [3.63, 3.8) is 0 Å². The molecule has 2 aromatic rings. The second kappa shape index (κ2) is 7.18. The number of benzene rings is 2. The molecule has 2 aliphatic rings. The van der Waals surface area contributed by atoms with E-state index in [0.29, 0.717) is 36.6 Å². The fourth-order valence-corrected chi connectivity index (χ4v) is 4.97. The largest absolute Gasteiger partial charge is 0.355 e. The Balaban J connectivity index is 1.53. The van der Waals surface area contributed by atoms with Crippen LogP contribution in [0.25, 0.3) is 0 Å². The number of hydrogen-bond donors (Lipinski definition) is 1. The Morgan fingerprint density at radius 2 is 2.04 bits per heavy atom. The molecule has 2 heterocycles. The normalized spacial score (nSPS) is 20.4. The maximum atomic E-state index is 13.2. The maximum absolute atomic E-state index is 13.2. The van der Waals surface area contributed by atoms with E-state index in [1.807, 2.05) is 4.90 Å². The van der Waals surface area contributed by atoms with Crippen molar-refractivity contribution >= 4 is 39.1 Å². The second-order valence-electron chi connectivity index (χ2n) is 6.78. The van der Waals surface area contributed by atoms with Crippen LogP contribution in [0, 0.1) is 11.7 Å². The van der Waals surface area contributed by atoms with Gasteiger partial charge in [0.15, 0.2) is 5.84 Å². The lowest BCUT2D eigenvalue weighted by atomic mass is 9.96. The van der Waals surface area contributed by atoms with Crippen molar-refractivity contribution in [3.8, 4) is 0 Å². The van der Waals surface area contributed by atoms with E-state index in [1.54, 1.807) is 18.2 Å². The van der Waals surface area contributed by atoms with E-state index in [9.17, 15) is 17.6 Å². The van der Waals surface area contributed by atoms with Crippen LogP contribution < -0.4 is 5.32 Å². The first kappa shape index (κ1) is 18.9. The van der Waals surface area contributed by atoms with Crippen LogP contribution in [-0.4, -0.2) is 38.2 Å². The smallest absolute Gasteiger partial charge is 0.285 e. The van der Waals surface area contributed by atoms with Gasteiger partial charge in [0, 0.05) is 18.7 Å². The lowest BCUT2D eigenvalue weighted by Crippen LogP contribution is -2.43. The number of carbonyl (C=O) groups excluding carboxylic acids is 1. The molecule has 1 N–H and O–H groups in total. The summed E-state index contributed by atoms with van der Waals surface area (Å²) in [6, 6.07) is 10.5. The molecule has 1 atom stereocenters. The zero-order chi connectivity index (χ0) is 19.9. The van der Waals surface area contributed by atoms with Gasteiger partial charge < -0.3 is 10.2 Å². The highest BCUT2D eigenvalue weighted by atomic mass is 35.5. The molecule has 0 radical (unpaired) electrons. The monoisotopic (exact) mass is 421 g/mol. The van der Waals surface area contributed by atoms with E-state index in [0.717, 1.165) is 12.5 Å². The summed E-state index contributed by atoms with van der Waals surface area (Å²) < 4.78 is 41.7. The standard InChI is InChI=1S/C19H17ClFN3O3S/c20-15-10-13(21)7-8-16(15)22-19(25)12-4-3-9-24(11-12)18-14-5-1-2-6-17(14)28(26,27)23-18/h1-2,5-8,10,12H,3-4,9,11H2,(H,22,25). The highest BCUT2D eigenvalue weighted by molar-refractivity contribution is 7.90. The van der Waals surface area contributed by atoms with Crippen molar-refractivity contribution in [1.82, 2.24) is 4.90 Å². The number of amidine groups is 1. The molecule has 2 aliphatic heterocycles. The molecule has 0 bridgehead atoms. The summed E-state index contributed by atoms with van der Waals surface area (Å²) >= 11 is 5.98. The Kier molecular flexibility index (Phi) is 4.84. The van der Waals surface area contributed by atoms with E-state index < -0.39 is 15.8 Å². The molecule has 1 amide bonds. The maximum Gasteiger partial charge on any atom is 0.285 e. The predicted octanol–water partition coefficient (Wildman–Crippen LogP) is 3.28. The van der Waals surface area contributed by atoms with Gasteiger partial charge in [-0.1, -0.05) is 23.7 Å². The first-order valence-electron chi connectivity index (χ1n) is 8.80. The third-order valence-electron chi connectivity index (χ3n) is 4.89. The number of rotatable bonds is 2. The molecule has 1 unspecified atom stereocenters. The second-order valence-corrected chi connectivity index (χ2v) is 8.76. The number of likely N-dealkylation sites (tertiary alicyclic amines) is 1. The molecular formula is C19H17ClFN3O3S. The van der Waals surface area contributed by atoms with Crippen LogP contribution in [0.2, 0.25) is 5.02 Å². The molecule has 1 saturated heterocycles. The first-order chi connectivity index (χ1) is 13.3. The molecule has 28 heavy (non-hydrogen) atoms. The van der Waals surface area contributed by atoms with Gasteiger partial charge in [0.25, 0.3) is 10.0 Å².